The standard InChI is InChI=1S/C24H26F2N4O4/c25-16-6-5-15(18(26)9-16)10-27-23(33)17-12-29-13-19-28(11-14-3-4-14)7-1-2-8-30(19)24(34)20(29)22(32)21(17)31/h5-6,9,12,14,19,32H,1-4,7-8,10-11,13H2,(H,27,33). The van der Waals surface area contributed by atoms with Crippen molar-refractivity contribution >= 4 is 11.8 Å². The number of carbonyl (C=O) groups excluding carboxylic acids is 2. The lowest BCUT2D eigenvalue weighted by Gasteiger charge is -2.42. The van der Waals surface area contributed by atoms with Crippen molar-refractivity contribution in [1.29, 1.82) is 0 Å². The molecule has 0 radical (unpaired) electrons. The van der Waals surface area contributed by atoms with Crippen LogP contribution in [0, 0.1) is 17.6 Å². The summed E-state index contributed by atoms with van der Waals surface area (Å²) in [5.74, 6) is -2.92. The number of amides is 2. The number of nitrogens with one attached hydrogen (secondary N) is 1. The molecule has 2 fully saturated rings. The van der Waals surface area contributed by atoms with E-state index in [1.54, 1.807) is 4.90 Å². The van der Waals surface area contributed by atoms with Crippen LogP contribution in [0.3, 0.4) is 0 Å². The molecule has 0 spiro atoms. The van der Waals surface area contributed by atoms with E-state index in [1.165, 1.54) is 29.7 Å². The van der Waals surface area contributed by atoms with Crippen LogP contribution < -0.4 is 10.7 Å². The maximum atomic E-state index is 13.9. The fourth-order valence-corrected chi connectivity index (χ4v) is 4.82. The summed E-state index contributed by atoms with van der Waals surface area (Å²) in [6, 6.07) is 2.98. The van der Waals surface area contributed by atoms with E-state index in [-0.39, 0.29) is 29.5 Å². The average molecular weight is 472 g/mol. The zero-order valence-corrected chi connectivity index (χ0v) is 18.6. The zero-order valence-electron chi connectivity index (χ0n) is 18.6. The molecule has 8 nitrogen and oxygen atoms in total. The Kier molecular flexibility index (Phi) is 5.85. The van der Waals surface area contributed by atoms with E-state index >= 15 is 0 Å². The van der Waals surface area contributed by atoms with Gasteiger partial charge in [0.25, 0.3) is 11.8 Å². The molecule has 1 atom stereocenters. The number of aromatic hydroxyl groups is 1. The Morgan fingerprint density at radius 1 is 1.15 bits per heavy atom. The predicted octanol–water partition coefficient (Wildman–Crippen LogP) is 2.05. The third kappa shape index (κ3) is 4.18. The van der Waals surface area contributed by atoms with Gasteiger partial charge in [0.15, 0.2) is 11.4 Å². The van der Waals surface area contributed by atoms with Crippen molar-refractivity contribution in [2.24, 2.45) is 5.92 Å². The molecule has 1 saturated heterocycles. The summed E-state index contributed by atoms with van der Waals surface area (Å²) in [6.45, 7) is 2.37. The topological polar surface area (TPSA) is 94.9 Å². The van der Waals surface area contributed by atoms with Crippen molar-refractivity contribution in [3.63, 3.8) is 0 Å². The Balaban J connectivity index is 1.43. The molecule has 5 rings (SSSR count). The number of rotatable bonds is 5. The molecular weight excluding hydrogens is 446 g/mol. The number of hydrogen-bond donors (Lipinski definition) is 2. The minimum Gasteiger partial charge on any atom is -0.503 e. The van der Waals surface area contributed by atoms with E-state index in [1.807, 2.05) is 0 Å². The highest BCUT2D eigenvalue weighted by molar-refractivity contribution is 5.99. The molecule has 1 aliphatic carbocycles. The van der Waals surface area contributed by atoms with Gasteiger partial charge in [-0.25, -0.2) is 8.78 Å². The Morgan fingerprint density at radius 3 is 2.65 bits per heavy atom. The molecule has 10 heteroatoms. The van der Waals surface area contributed by atoms with Gasteiger partial charge >= 0.3 is 0 Å². The predicted molar refractivity (Wildman–Crippen MR) is 118 cm³/mol. The van der Waals surface area contributed by atoms with Gasteiger partial charge in [0, 0.05) is 44.0 Å². The zero-order chi connectivity index (χ0) is 24.0. The molecule has 180 valence electrons. The third-order valence-electron chi connectivity index (χ3n) is 6.84. The monoisotopic (exact) mass is 472 g/mol. The number of pyridine rings is 1. The first kappa shape index (κ1) is 22.5. The van der Waals surface area contributed by atoms with Crippen molar-refractivity contribution in [3.05, 3.63) is 63.1 Å². The lowest BCUT2D eigenvalue weighted by molar-refractivity contribution is 0.0205. The Labute approximate surface area is 194 Å². The Morgan fingerprint density at radius 2 is 1.91 bits per heavy atom. The van der Waals surface area contributed by atoms with Crippen LogP contribution in [0.4, 0.5) is 8.78 Å². The van der Waals surface area contributed by atoms with Crippen molar-refractivity contribution in [1.82, 2.24) is 19.7 Å². The van der Waals surface area contributed by atoms with Crippen molar-refractivity contribution in [2.45, 2.75) is 44.9 Å². The summed E-state index contributed by atoms with van der Waals surface area (Å²) < 4.78 is 28.5. The molecule has 2 aliphatic heterocycles. The van der Waals surface area contributed by atoms with Gasteiger partial charge in [0.2, 0.25) is 5.43 Å². The maximum absolute atomic E-state index is 13.9. The van der Waals surface area contributed by atoms with Crippen molar-refractivity contribution in [2.75, 3.05) is 19.6 Å². The molecule has 34 heavy (non-hydrogen) atoms. The fraction of sp³-hybridized carbons (Fsp3) is 0.458. The molecule has 1 aromatic carbocycles. The smallest absolute Gasteiger partial charge is 0.275 e. The number of carbonyl (C=O) groups is 2. The van der Waals surface area contributed by atoms with Crippen LogP contribution in [0.2, 0.25) is 0 Å². The summed E-state index contributed by atoms with van der Waals surface area (Å²) in [5.41, 5.74) is -1.36. The average Bonchev–Trinajstić information content (AvgIpc) is 3.64. The molecular formula is C24H26F2N4O4. The lowest BCUT2D eigenvalue weighted by atomic mass is 10.1. The number of benzene rings is 1. The van der Waals surface area contributed by atoms with Gasteiger partial charge in [-0.05, 0) is 37.7 Å². The van der Waals surface area contributed by atoms with Gasteiger partial charge in [0.1, 0.15) is 23.4 Å². The molecule has 2 amide bonds. The molecule has 3 heterocycles. The Hall–Kier alpha value is -3.27. The van der Waals surface area contributed by atoms with E-state index in [0.717, 1.165) is 32.0 Å². The van der Waals surface area contributed by atoms with Crippen LogP contribution in [0.25, 0.3) is 0 Å². The normalized spacial score (nSPS) is 20.5. The molecule has 2 N–H and O–H groups in total. The highest BCUT2D eigenvalue weighted by Gasteiger charge is 2.41. The van der Waals surface area contributed by atoms with Crippen molar-refractivity contribution in [3.8, 4) is 5.75 Å². The van der Waals surface area contributed by atoms with Crippen LogP contribution in [0.5, 0.6) is 5.75 Å². The van der Waals surface area contributed by atoms with Gasteiger partial charge in [-0.2, -0.15) is 0 Å². The SMILES string of the molecule is O=C(NCc1ccc(F)cc1F)c1cn2c(c(O)c1=O)C(=O)N1CCCCN(CC3CC3)C1C2. The van der Waals surface area contributed by atoms with Gasteiger partial charge in [-0.3, -0.25) is 19.3 Å². The lowest BCUT2D eigenvalue weighted by Crippen LogP contribution is -2.56. The number of nitrogens with zero attached hydrogens (tertiary/aromatic N) is 3. The van der Waals surface area contributed by atoms with Gasteiger partial charge in [0.05, 0.1) is 6.54 Å². The Bertz CT molecular complexity index is 1210. The second kappa shape index (κ2) is 8.83. The fourth-order valence-electron chi connectivity index (χ4n) is 4.82. The minimum atomic E-state index is -0.959. The first-order valence-corrected chi connectivity index (χ1v) is 11.6. The number of hydrogen-bond acceptors (Lipinski definition) is 5. The molecule has 1 aromatic heterocycles. The van der Waals surface area contributed by atoms with E-state index in [0.29, 0.717) is 25.1 Å². The quantitative estimate of drug-likeness (QED) is 0.695. The number of halogens is 2. The van der Waals surface area contributed by atoms with Crippen LogP contribution in [-0.2, 0) is 13.1 Å². The summed E-state index contributed by atoms with van der Waals surface area (Å²) in [6.07, 6.45) is 5.24. The van der Waals surface area contributed by atoms with Gasteiger partial charge in [-0.1, -0.05) is 6.07 Å². The molecule has 0 bridgehead atoms. The summed E-state index contributed by atoms with van der Waals surface area (Å²) in [4.78, 5) is 42.8. The third-order valence-corrected chi connectivity index (χ3v) is 6.84. The van der Waals surface area contributed by atoms with E-state index < -0.39 is 34.6 Å². The first-order chi connectivity index (χ1) is 16.3. The van der Waals surface area contributed by atoms with Crippen molar-refractivity contribution < 1.29 is 23.5 Å². The molecule has 3 aliphatic rings. The highest BCUT2D eigenvalue weighted by atomic mass is 19.1. The highest BCUT2D eigenvalue weighted by Crippen LogP contribution is 2.33. The molecule has 1 unspecified atom stereocenters. The van der Waals surface area contributed by atoms with E-state index in [4.69, 9.17) is 0 Å². The van der Waals surface area contributed by atoms with E-state index in [9.17, 15) is 28.3 Å². The summed E-state index contributed by atoms with van der Waals surface area (Å²) >= 11 is 0. The first-order valence-electron chi connectivity index (χ1n) is 11.6. The summed E-state index contributed by atoms with van der Waals surface area (Å²) in [7, 11) is 0. The minimum absolute atomic E-state index is 0.0528. The van der Waals surface area contributed by atoms with Crippen LogP contribution >= 0.6 is 0 Å². The second-order valence-corrected chi connectivity index (χ2v) is 9.26. The molecule has 1 saturated carbocycles. The molecule has 2 aromatic rings. The number of fused-ring (bicyclic) bond motifs is 2. The van der Waals surface area contributed by atoms with Crippen LogP contribution in [-0.4, -0.2) is 57.1 Å². The summed E-state index contributed by atoms with van der Waals surface area (Å²) in [5, 5.41) is 13.0. The maximum Gasteiger partial charge on any atom is 0.275 e. The second-order valence-electron chi connectivity index (χ2n) is 9.26. The van der Waals surface area contributed by atoms with Crippen LogP contribution in [0.15, 0.2) is 29.2 Å². The number of aromatic nitrogens is 1. The van der Waals surface area contributed by atoms with Crippen LogP contribution in [0.1, 0.15) is 52.1 Å². The van der Waals surface area contributed by atoms with Gasteiger partial charge in [-0.15, -0.1) is 0 Å². The largest absolute Gasteiger partial charge is 0.503 e. The van der Waals surface area contributed by atoms with Gasteiger partial charge < -0.3 is 19.9 Å². The van der Waals surface area contributed by atoms with E-state index in [2.05, 4.69) is 10.2 Å².